The highest BCUT2D eigenvalue weighted by Crippen LogP contribution is 2.21. The molecule has 12 heteroatoms. The lowest BCUT2D eigenvalue weighted by molar-refractivity contribution is -0.147. The number of nitrogens with zero attached hydrogens (tertiary/aromatic N) is 1. The SMILES string of the molecule is CCC(C)C(N)C(=O)N1CCCC1C(=O)NC(Cc1ccc(O)cc1)C(=O)NC(CC(=O)O)C(=O)O. The molecule has 1 aliphatic heterocycles. The number of aromatic hydroxyl groups is 1. The number of carbonyl (C=O) groups excluding carboxylic acids is 3. The molecule has 198 valence electrons. The fourth-order valence-electron chi connectivity index (χ4n) is 3.98. The van der Waals surface area contributed by atoms with Gasteiger partial charge in [0.2, 0.25) is 17.7 Å². The molecule has 0 aromatic heterocycles. The highest BCUT2D eigenvalue weighted by atomic mass is 16.4. The third-order valence-electron chi connectivity index (χ3n) is 6.38. The lowest BCUT2D eigenvalue weighted by Gasteiger charge is -2.30. The number of hydrogen-bond donors (Lipinski definition) is 6. The minimum atomic E-state index is -1.70. The first kappa shape index (κ1) is 28.6. The summed E-state index contributed by atoms with van der Waals surface area (Å²) in [5.74, 6) is -4.88. The molecule has 12 nitrogen and oxygen atoms in total. The zero-order valence-corrected chi connectivity index (χ0v) is 20.3. The maximum absolute atomic E-state index is 13.2. The number of rotatable bonds is 12. The van der Waals surface area contributed by atoms with E-state index in [0.29, 0.717) is 31.4 Å². The Morgan fingerprint density at radius 1 is 1.08 bits per heavy atom. The average Bonchev–Trinajstić information content (AvgIpc) is 3.32. The van der Waals surface area contributed by atoms with Crippen molar-refractivity contribution in [3.8, 4) is 5.75 Å². The van der Waals surface area contributed by atoms with Gasteiger partial charge in [0.15, 0.2) is 0 Å². The number of amides is 3. The van der Waals surface area contributed by atoms with E-state index in [2.05, 4.69) is 10.6 Å². The third kappa shape index (κ3) is 7.67. The Hall–Kier alpha value is -3.67. The maximum Gasteiger partial charge on any atom is 0.326 e. The van der Waals surface area contributed by atoms with Gasteiger partial charge in [-0.3, -0.25) is 19.2 Å². The van der Waals surface area contributed by atoms with Crippen LogP contribution in [0.2, 0.25) is 0 Å². The fraction of sp³-hybridized carbons (Fsp3) is 0.542. The van der Waals surface area contributed by atoms with Crippen molar-refractivity contribution in [1.29, 1.82) is 0 Å². The number of phenolic OH excluding ortho intramolecular Hbond substituents is 1. The molecule has 1 fully saturated rings. The van der Waals surface area contributed by atoms with E-state index in [-0.39, 0.29) is 24.0 Å². The summed E-state index contributed by atoms with van der Waals surface area (Å²) >= 11 is 0. The highest BCUT2D eigenvalue weighted by molar-refractivity contribution is 5.95. The summed E-state index contributed by atoms with van der Waals surface area (Å²) in [6.07, 6.45) is 0.720. The molecule has 3 amide bonds. The Morgan fingerprint density at radius 3 is 2.28 bits per heavy atom. The van der Waals surface area contributed by atoms with Crippen LogP contribution in [0.15, 0.2) is 24.3 Å². The molecule has 2 rings (SSSR count). The minimum absolute atomic E-state index is 0.00561. The average molecular weight is 507 g/mol. The van der Waals surface area contributed by atoms with Gasteiger partial charge < -0.3 is 36.6 Å². The molecule has 0 bridgehead atoms. The van der Waals surface area contributed by atoms with Crippen molar-refractivity contribution in [1.82, 2.24) is 15.5 Å². The van der Waals surface area contributed by atoms with Crippen LogP contribution in [-0.4, -0.2) is 80.6 Å². The van der Waals surface area contributed by atoms with Crippen LogP contribution >= 0.6 is 0 Å². The van der Waals surface area contributed by atoms with Crippen LogP contribution in [0.5, 0.6) is 5.75 Å². The van der Waals surface area contributed by atoms with Gasteiger partial charge in [-0.15, -0.1) is 0 Å². The molecule has 1 aliphatic rings. The van der Waals surface area contributed by atoms with Gasteiger partial charge in [-0.05, 0) is 36.5 Å². The lowest BCUT2D eigenvalue weighted by atomic mass is 9.98. The number of phenols is 1. The van der Waals surface area contributed by atoms with Gasteiger partial charge in [0.05, 0.1) is 12.5 Å². The van der Waals surface area contributed by atoms with E-state index in [9.17, 15) is 34.2 Å². The van der Waals surface area contributed by atoms with Gasteiger partial charge in [0.1, 0.15) is 23.9 Å². The first-order valence-electron chi connectivity index (χ1n) is 11.8. The second kappa shape index (κ2) is 12.9. The zero-order chi connectivity index (χ0) is 27.0. The second-order valence-corrected chi connectivity index (χ2v) is 9.03. The van der Waals surface area contributed by atoms with Crippen LogP contribution in [0.4, 0.5) is 0 Å². The second-order valence-electron chi connectivity index (χ2n) is 9.03. The van der Waals surface area contributed by atoms with Crippen molar-refractivity contribution in [2.75, 3.05) is 6.54 Å². The quantitative estimate of drug-likeness (QED) is 0.223. The van der Waals surface area contributed by atoms with E-state index in [1.54, 1.807) is 0 Å². The van der Waals surface area contributed by atoms with Crippen molar-refractivity contribution in [3.63, 3.8) is 0 Å². The molecule has 5 atom stereocenters. The van der Waals surface area contributed by atoms with E-state index in [1.807, 2.05) is 13.8 Å². The molecule has 1 aromatic carbocycles. The Bertz CT molecular complexity index is 967. The van der Waals surface area contributed by atoms with Gasteiger partial charge >= 0.3 is 11.9 Å². The van der Waals surface area contributed by atoms with E-state index in [0.717, 1.165) is 0 Å². The first-order chi connectivity index (χ1) is 16.9. The van der Waals surface area contributed by atoms with Crippen LogP contribution in [0, 0.1) is 5.92 Å². The largest absolute Gasteiger partial charge is 0.508 e. The molecule has 1 heterocycles. The topological polar surface area (TPSA) is 199 Å². The number of aliphatic carboxylic acids is 2. The normalized spacial score (nSPS) is 18.5. The molecule has 5 unspecified atom stereocenters. The molecule has 1 aromatic rings. The predicted octanol–water partition coefficient (Wildman–Crippen LogP) is -0.172. The van der Waals surface area contributed by atoms with Crippen molar-refractivity contribution in [2.24, 2.45) is 11.7 Å². The van der Waals surface area contributed by atoms with Crippen LogP contribution in [0.3, 0.4) is 0 Å². The Balaban J connectivity index is 2.23. The predicted molar refractivity (Wildman–Crippen MR) is 128 cm³/mol. The molecule has 0 saturated carbocycles. The number of benzene rings is 1. The van der Waals surface area contributed by atoms with Gasteiger partial charge in [0, 0.05) is 13.0 Å². The van der Waals surface area contributed by atoms with E-state index < -0.39 is 54.3 Å². The van der Waals surface area contributed by atoms with Gasteiger partial charge in [-0.25, -0.2) is 4.79 Å². The van der Waals surface area contributed by atoms with Crippen molar-refractivity contribution >= 4 is 29.7 Å². The maximum atomic E-state index is 13.2. The number of nitrogens with one attached hydrogen (secondary N) is 2. The van der Waals surface area contributed by atoms with E-state index in [1.165, 1.54) is 29.2 Å². The molecular formula is C24H34N4O8. The molecule has 7 N–H and O–H groups in total. The lowest BCUT2D eigenvalue weighted by Crippen LogP contribution is -2.57. The van der Waals surface area contributed by atoms with Gasteiger partial charge in [-0.2, -0.15) is 0 Å². The summed E-state index contributed by atoms with van der Waals surface area (Å²) in [6.45, 7) is 4.10. The molecular weight excluding hydrogens is 472 g/mol. The zero-order valence-electron chi connectivity index (χ0n) is 20.3. The summed E-state index contributed by atoms with van der Waals surface area (Å²) < 4.78 is 0. The molecule has 0 spiro atoms. The fourth-order valence-corrected chi connectivity index (χ4v) is 3.98. The number of carboxylic acid groups (broad SMARTS) is 2. The smallest absolute Gasteiger partial charge is 0.326 e. The van der Waals surface area contributed by atoms with Crippen LogP contribution in [-0.2, 0) is 30.4 Å². The number of carboxylic acids is 2. The number of nitrogens with two attached hydrogens (primary N) is 1. The van der Waals surface area contributed by atoms with Gasteiger partial charge in [0.25, 0.3) is 0 Å². The summed E-state index contributed by atoms with van der Waals surface area (Å²) in [4.78, 5) is 63.0. The summed E-state index contributed by atoms with van der Waals surface area (Å²) in [5.41, 5.74) is 6.64. The van der Waals surface area contributed by atoms with Crippen LogP contribution in [0.25, 0.3) is 0 Å². The Kier molecular flexibility index (Phi) is 10.2. The third-order valence-corrected chi connectivity index (χ3v) is 6.38. The summed E-state index contributed by atoms with van der Waals surface area (Å²) in [5, 5.41) is 32.5. The Labute approximate surface area is 208 Å². The molecule has 1 saturated heterocycles. The van der Waals surface area contributed by atoms with Crippen LogP contribution in [0.1, 0.15) is 45.1 Å². The molecule has 36 heavy (non-hydrogen) atoms. The molecule has 0 aliphatic carbocycles. The highest BCUT2D eigenvalue weighted by Gasteiger charge is 2.39. The van der Waals surface area contributed by atoms with Crippen LogP contribution < -0.4 is 16.4 Å². The van der Waals surface area contributed by atoms with Crippen molar-refractivity contribution in [3.05, 3.63) is 29.8 Å². The summed E-state index contributed by atoms with van der Waals surface area (Å²) in [7, 11) is 0. The number of likely N-dealkylation sites (tertiary alicyclic amines) is 1. The Morgan fingerprint density at radius 2 is 1.72 bits per heavy atom. The summed E-state index contributed by atoms with van der Waals surface area (Å²) in [6, 6.07) is 1.26. The first-order valence-corrected chi connectivity index (χ1v) is 11.8. The van der Waals surface area contributed by atoms with E-state index in [4.69, 9.17) is 10.8 Å². The number of carbonyl (C=O) groups is 5. The molecule has 0 radical (unpaired) electrons. The van der Waals surface area contributed by atoms with Gasteiger partial charge in [-0.1, -0.05) is 32.4 Å². The standard InChI is InChI=1S/C24H34N4O8/c1-3-13(2)20(25)23(34)28-10-4-5-18(28)22(33)26-16(11-14-6-8-15(29)9-7-14)21(32)27-17(24(35)36)12-19(30)31/h6-9,13,16-18,20,29H,3-5,10-12,25H2,1-2H3,(H,26,33)(H,27,32)(H,30,31)(H,35,36). The van der Waals surface area contributed by atoms with Crippen molar-refractivity contribution < 1.29 is 39.3 Å². The monoisotopic (exact) mass is 506 g/mol. The van der Waals surface area contributed by atoms with E-state index >= 15 is 0 Å². The number of hydrogen-bond acceptors (Lipinski definition) is 7. The van der Waals surface area contributed by atoms with Crippen molar-refractivity contribution in [2.45, 2.75) is 70.1 Å². The minimum Gasteiger partial charge on any atom is -0.508 e.